The minimum atomic E-state index is -0.111. The maximum absolute atomic E-state index is 12.9. The molecule has 3 aromatic heterocycles. The highest BCUT2D eigenvalue weighted by Gasteiger charge is 2.26. The standard InChI is InChI=1S/C20H23N5O3/c26-9-6-15-11-22-19-10-18(23-25(19)12-15)20(27)24-8-3-5-17(13-24)28-14-16-4-1-2-7-21-16/h1-2,4,7,10-12,17,26H,3,5-6,8-9,13-14H2/t17-/m0/s1. The summed E-state index contributed by atoms with van der Waals surface area (Å²) in [5.41, 5.74) is 2.75. The van der Waals surface area contributed by atoms with Gasteiger partial charge in [0.05, 0.1) is 18.4 Å². The fourth-order valence-electron chi connectivity index (χ4n) is 3.39. The average Bonchev–Trinajstić information content (AvgIpc) is 3.16. The highest BCUT2D eigenvalue weighted by molar-refractivity contribution is 5.93. The van der Waals surface area contributed by atoms with Gasteiger partial charge in [0, 0.05) is 44.4 Å². The van der Waals surface area contributed by atoms with Crippen LogP contribution in [0.2, 0.25) is 0 Å². The van der Waals surface area contributed by atoms with Crippen molar-refractivity contribution in [2.45, 2.75) is 32.0 Å². The zero-order valence-corrected chi connectivity index (χ0v) is 15.6. The quantitative estimate of drug-likeness (QED) is 0.695. The van der Waals surface area contributed by atoms with Crippen LogP contribution < -0.4 is 0 Å². The van der Waals surface area contributed by atoms with E-state index in [-0.39, 0.29) is 18.6 Å². The summed E-state index contributed by atoms with van der Waals surface area (Å²) in [4.78, 5) is 23.3. The van der Waals surface area contributed by atoms with Crippen LogP contribution in [-0.2, 0) is 17.8 Å². The number of nitrogens with zero attached hydrogens (tertiary/aromatic N) is 5. The van der Waals surface area contributed by atoms with E-state index >= 15 is 0 Å². The lowest BCUT2D eigenvalue weighted by atomic mass is 10.1. The summed E-state index contributed by atoms with van der Waals surface area (Å²) >= 11 is 0. The lowest BCUT2D eigenvalue weighted by molar-refractivity contribution is -0.00801. The van der Waals surface area contributed by atoms with Crippen molar-refractivity contribution in [2.75, 3.05) is 19.7 Å². The van der Waals surface area contributed by atoms with Crippen LogP contribution in [0.1, 0.15) is 34.6 Å². The number of amides is 1. The largest absolute Gasteiger partial charge is 0.396 e. The highest BCUT2D eigenvalue weighted by Crippen LogP contribution is 2.17. The van der Waals surface area contributed by atoms with Crippen molar-refractivity contribution >= 4 is 11.6 Å². The van der Waals surface area contributed by atoms with Crippen molar-refractivity contribution in [3.05, 3.63) is 59.8 Å². The van der Waals surface area contributed by atoms with Crippen LogP contribution in [0.4, 0.5) is 0 Å². The second-order valence-electron chi connectivity index (χ2n) is 6.92. The van der Waals surface area contributed by atoms with Crippen LogP contribution >= 0.6 is 0 Å². The number of ether oxygens (including phenoxy) is 1. The molecule has 146 valence electrons. The lowest BCUT2D eigenvalue weighted by Gasteiger charge is -2.32. The smallest absolute Gasteiger partial charge is 0.274 e. The van der Waals surface area contributed by atoms with Gasteiger partial charge in [-0.15, -0.1) is 0 Å². The van der Waals surface area contributed by atoms with E-state index in [9.17, 15) is 4.79 Å². The molecule has 1 aliphatic heterocycles. The summed E-state index contributed by atoms with van der Waals surface area (Å²) in [7, 11) is 0. The van der Waals surface area contributed by atoms with E-state index < -0.39 is 0 Å². The summed E-state index contributed by atoms with van der Waals surface area (Å²) in [5, 5.41) is 13.4. The Morgan fingerprint density at radius 2 is 2.25 bits per heavy atom. The molecule has 1 fully saturated rings. The van der Waals surface area contributed by atoms with Crippen LogP contribution in [0, 0.1) is 0 Å². The Morgan fingerprint density at radius 3 is 3.07 bits per heavy atom. The van der Waals surface area contributed by atoms with Gasteiger partial charge >= 0.3 is 0 Å². The van der Waals surface area contributed by atoms with Crippen LogP contribution in [-0.4, -0.2) is 61.3 Å². The molecule has 0 radical (unpaired) electrons. The molecule has 0 bridgehead atoms. The van der Waals surface area contributed by atoms with E-state index in [0.29, 0.717) is 37.5 Å². The average molecular weight is 381 g/mol. The topological polar surface area (TPSA) is 92.8 Å². The monoisotopic (exact) mass is 381 g/mol. The molecule has 1 aliphatic rings. The normalized spacial score (nSPS) is 17.2. The molecule has 8 nitrogen and oxygen atoms in total. The van der Waals surface area contributed by atoms with Gasteiger partial charge in [0.25, 0.3) is 5.91 Å². The third kappa shape index (κ3) is 4.18. The first kappa shape index (κ1) is 18.5. The van der Waals surface area contributed by atoms with Crippen molar-refractivity contribution in [1.29, 1.82) is 0 Å². The second-order valence-corrected chi connectivity index (χ2v) is 6.92. The van der Waals surface area contributed by atoms with Crippen molar-refractivity contribution in [2.24, 2.45) is 0 Å². The van der Waals surface area contributed by atoms with Crippen molar-refractivity contribution in [3.63, 3.8) is 0 Å². The van der Waals surface area contributed by atoms with Gasteiger partial charge in [-0.2, -0.15) is 5.10 Å². The molecule has 0 spiro atoms. The van der Waals surface area contributed by atoms with Gasteiger partial charge in [-0.3, -0.25) is 9.78 Å². The van der Waals surface area contributed by atoms with E-state index in [4.69, 9.17) is 9.84 Å². The molecule has 1 N–H and O–H groups in total. The molecule has 0 saturated carbocycles. The maximum atomic E-state index is 12.9. The SMILES string of the molecule is O=C(c1cc2ncc(CCO)cn2n1)N1CCC[C@H](OCc2ccccn2)C1. The number of piperidine rings is 1. The third-order valence-electron chi connectivity index (χ3n) is 4.84. The maximum Gasteiger partial charge on any atom is 0.274 e. The van der Waals surface area contributed by atoms with Crippen molar-refractivity contribution in [3.8, 4) is 0 Å². The summed E-state index contributed by atoms with van der Waals surface area (Å²) in [6.45, 7) is 1.73. The van der Waals surface area contributed by atoms with Crippen molar-refractivity contribution in [1.82, 2.24) is 24.5 Å². The number of hydrogen-bond donors (Lipinski definition) is 1. The number of hydrogen-bond acceptors (Lipinski definition) is 6. The van der Waals surface area contributed by atoms with Gasteiger partial charge in [0.1, 0.15) is 0 Å². The predicted octanol–water partition coefficient (Wildman–Crippen LogP) is 1.48. The number of aliphatic hydroxyl groups excluding tert-OH is 1. The molecule has 4 heterocycles. The van der Waals surface area contributed by atoms with Crippen molar-refractivity contribution < 1.29 is 14.6 Å². The molecule has 1 saturated heterocycles. The minimum absolute atomic E-state index is 0.00832. The number of aromatic nitrogens is 4. The molecule has 28 heavy (non-hydrogen) atoms. The van der Waals surface area contributed by atoms with Crippen LogP contribution in [0.5, 0.6) is 0 Å². The molecular formula is C20H23N5O3. The zero-order valence-electron chi connectivity index (χ0n) is 15.6. The summed E-state index contributed by atoms with van der Waals surface area (Å²) < 4.78 is 7.56. The molecule has 0 unspecified atom stereocenters. The fraction of sp³-hybridized carbons (Fsp3) is 0.400. The number of fused-ring (bicyclic) bond motifs is 1. The summed E-state index contributed by atoms with van der Waals surface area (Å²) in [6, 6.07) is 7.44. The van der Waals surface area contributed by atoms with Gasteiger partial charge in [0.15, 0.2) is 11.3 Å². The number of carbonyl (C=O) groups excluding carboxylic acids is 1. The molecule has 4 rings (SSSR count). The number of aliphatic hydroxyl groups is 1. The van der Waals surface area contributed by atoms with Gasteiger partial charge in [-0.05, 0) is 37.0 Å². The number of pyridine rings is 1. The van der Waals surface area contributed by atoms with Crippen LogP contribution in [0.3, 0.4) is 0 Å². The first-order valence-corrected chi connectivity index (χ1v) is 9.49. The Hall–Kier alpha value is -2.84. The molecule has 3 aromatic rings. The van der Waals surface area contributed by atoms with Gasteiger partial charge in [0.2, 0.25) is 0 Å². The number of rotatable bonds is 6. The highest BCUT2D eigenvalue weighted by atomic mass is 16.5. The van der Waals surface area contributed by atoms with E-state index in [0.717, 1.165) is 24.1 Å². The Morgan fingerprint density at radius 1 is 1.32 bits per heavy atom. The first-order valence-electron chi connectivity index (χ1n) is 9.49. The van der Waals surface area contributed by atoms with Crippen LogP contribution in [0.15, 0.2) is 42.9 Å². The predicted molar refractivity (Wildman–Crippen MR) is 102 cm³/mol. The van der Waals surface area contributed by atoms with Gasteiger partial charge in [-0.1, -0.05) is 6.07 Å². The Balaban J connectivity index is 1.41. The Labute approximate surface area is 162 Å². The fourth-order valence-corrected chi connectivity index (χ4v) is 3.39. The van der Waals surface area contributed by atoms with Crippen LogP contribution in [0.25, 0.3) is 5.65 Å². The molecule has 1 atom stereocenters. The molecule has 1 amide bonds. The Kier molecular flexibility index (Phi) is 5.59. The molecule has 0 aromatic carbocycles. The van der Waals surface area contributed by atoms with E-state index in [2.05, 4.69) is 15.1 Å². The number of carbonyl (C=O) groups is 1. The number of likely N-dealkylation sites (tertiary alicyclic amines) is 1. The lowest BCUT2D eigenvalue weighted by Crippen LogP contribution is -2.43. The molecule has 8 heteroatoms. The summed E-state index contributed by atoms with van der Waals surface area (Å²) in [5.74, 6) is -0.111. The summed E-state index contributed by atoms with van der Waals surface area (Å²) in [6.07, 6.45) is 7.56. The third-order valence-corrected chi connectivity index (χ3v) is 4.84. The molecular weight excluding hydrogens is 358 g/mol. The van der Waals surface area contributed by atoms with E-state index in [1.165, 1.54) is 0 Å². The molecule has 0 aliphatic carbocycles. The second kappa shape index (κ2) is 8.45. The van der Waals surface area contributed by atoms with E-state index in [1.54, 1.807) is 34.1 Å². The van der Waals surface area contributed by atoms with Gasteiger partial charge in [-0.25, -0.2) is 9.50 Å². The van der Waals surface area contributed by atoms with Gasteiger partial charge < -0.3 is 14.7 Å². The minimum Gasteiger partial charge on any atom is -0.396 e. The zero-order chi connectivity index (χ0) is 19.3. The first-order chi connectivity index (χ1) is 13.7. The Bertz CT molecular complexity index is 943. The van der Waals surface area contributed by atoms with E-state index in [1.807, 2.05) is 18.2 Å².